The number of hydrogen-bond donors (Lipinski definition) is 2. The van der Waals surface area contributed by atoms with Gasteiger partial charge in [0.15, 0.2) is 5.16 Å². The normalized spacial score (nSPS) is 11.2. The van der Waals surface area contributed by atoms with Gasteiger partial charge in [0.25, 0.3) is 0 Å². The predicted molar refractivity (Wildman–Crippen MR) is 93.8 cm³/mol. The van der Waals surface area contributed by atoms with Gasteiger partial charge in [-0.15, -0.1) is 0 Å². The number of anilines is 1. The van der Waals surface area contributed by atoms with Crippen molar-refractivity contribution in [2.45, 2.75) is 43.9 Å². The Kier molecular flexibility index (Phi) is 6.16. The maximum atomic E-state index is 11.9. The van der Waals surface area contributed by atoms with E-state index in [1.54, 1.807) is 20.8 Å². The monoisotopic (exact) mass is 347 g/mol. The molecule has 0 atom stereocenters. The van der Waals surface area contributed by atoms with E-state index in [0.29, 0.717) is 16.5 Å². The average molecular weight is 347 g/mol. The maximum Gasteiger partial charge on any atom is 0.413 e. The zero-order valence-electron chi connectivity index (χ0n) is 13.9. The third-order valence-corrected chi connectivity index (χ3v) is 3.78. The van der Waals surface area contributed by atoms with Crippen molar-refractivity contribution in [3.63, 3.8) is 0 Å². The SMILES string of the molecule is CC(C)(C)OC(=O)Nc1nc(SCc2ccccc2)ncc1CO. The van der Waals surface area contributed by atoms with E-state index in [9.17, 15) is 9.90 Å². The highest BCUT2D eigenvalue weighted by atomic mass is 32.2. The molecule has 0 unspecified atom stereocenters. The minimum atomic E-state index is -0.616. The molecule has 0 aliphatic heterocycles. The second-order valence-electron chi connectivity index (χ2n) is 6.09. The van der Waals surface area contributed by atoms with Gasteiger partial charge in [-0.05, 0) is 26.3 Å². The first-order valence-corrected chi connectivity index (χ1v) is 8.49. The number of benzene rings is 1. The van der Waals surface area contributed by atoms with Gasteiger partial charge in [0.05, 0.1) is 6.61 Å². The van der Waals surface area contributed by atoms with Gasteiger partial charge < -0.3 is 9.84 Å². The van der Waals surface area contributed by atoms with Crippen LogP contribution in [0.3, 0.4) is 0 Å². The van der Waals surface area contributed by atoms with Crippen molar-refractivity contribution in [1.29, 1.82) is 0 Å². The molecular formula is C17H21N3O3S. The van der Waals surface area contributed by atoms with Crippen molar-refractivity contribution in [1.82, 2.24) is 9.97 Å². The number of hydrogen-bond acceptors (Lipinski definition) is 6. The van der Waals surface area contributed by atoms with E-state index in [1.807, 2.05) is 30.3 Å². The molecule has 6 nitrogen and oxygen atoms in total. The minimum Gasteiger partial charge on any atom is -0.444 e. The Bertz CT molecular complexity index is 687. The van der Waals surface area contributed by atoms with Crippen molar-refractivity contribution >= 4 is 23.7 Å². The molecule has 0 spiro atoms. The van der Waals surface area contributed by atoms with E-state index in [0.717, 1.165) is 5.56 Å². The second kappa shape index (κ2) is 8.12. The zero-order valence-corrected chi connectivity index (χ0v) is 14.8. The van der Waals surface area contributed by atoms with Crippen LogP contribution in [0, 0.1) is 0 Å². The summed E-state index contributed by atoms with van der Waals surface area (Å²) in [6.45, 7) is 5.07. The molecule has 2 rings (SSSR count). The van der Waals surface area contributed by atoms with Gasteiger partial charge in [-0.25, -0.2) is 14.8 Å². The summed E-state index contributed by atoms with van der Waals surface area (Å²) in [7, 11) is 0. The van der Waals surface area contributed by atoms with Gasteiger partial charge in [-0.2, -0.15) is 0 Å². The molecule has 0 aliphatic rings. The van der Waals surface area contributed by atoms with Crippen molar-refractivity contribution in [2.75, 3.05) is 5.32 Å². The molecule has 0 bridgehead atoms. The number of rotatable bonds is 5. The van der Waals surface area contributed by atoms with Gasteiger partial charge in [0.2, 0.25) is 0 Å². The summed E-state index contributed by atoms with van der Waals surface area (Å²) in [5, 5.41) is 12.5. The topological polar surface area (TPSA) is 84.3 Å². The quantitative estimate of drug-likeness (QED) is 0.635. The largest absolute Gasteiger partial charge is 0.444 e. The molecule has 1 aromatic heterocycles. The van der Waals surface area contributed by atoms with E-state index in [4.69, 9.17) is 4.74 Å². The Labute approximate surface area is 145 Å². The average Bonchev–Trinajstić information content (AvgIpc) is 2.52. The molecule has 1 aromatic carbocycles. The molecule has 0 radical (unpaired) electrons. The summed E-state index contributed by atoms with van der Waals surface area (Å²) in [5.74, 6) is 0.975. The van der Waals surface area contributed by atoms with Gasteiger partial charge >= 0.3 is 6.09 Å². The second-order valence-corrected chi connectivity index (χ2v) is 7.03. The first kappa shape index (κ1) is 18.2. The lowest BCUT2D eigenvalue weighted by atomic mass is 10.2. The number of amides is 1. The van der Waals surface area contributed by atoms with Crippen molar-refractivity contribution < 1.29 is 14.6 Å². The van der Waals surface area contributed by atoms with Crippen LogP contribution in [0.15, 0.2) is 41.7 Å². The third-order valence-electron chi connectivity index (χ3n) is 2.84. The van der Waals surface area contributed by atoms with E-state index < -0.39 is 11.7 Å². The molecule has 24 heavy (non-hydrogen) atoms. The predicted octanol–water partition coefficient (Wildman–Crippen LogP) is 3.61. The number of thioether (sulfide) groups is 1. The van der Waals surface area contributed by atoms with Crippen LogP contribution in [0.5, 0.6) is 0 Å². The van der Waals surface area contributed by atoms with E-state index in [1.165, 1.54) is 18.0 Å². The summed E-state index contributed by atoms with van der Waals surface area (Å²) in [6, 6.07) is 9.95. The number of aromatic nitrogens is 2. The Morgan fingerprint density at radius 1 is 1.29 bits per heavy atom. The van der Waals surface area contributed by atoms with Crippen LogP contribution >= 0.6 is 11.8 Å². The Morgan fingerprint density at radius 2 is 2.00 bits per heavy atom. The standard InChI is InChI=1S/C17H21N3O3S/c1-17(2,3)23-16(22)20-14-13(10-21)9-18-15(19-14)24-11-12-7-5-4-6-8-12/h4-9,21H,10-11H2,1-3H3,(H,18,19,20,22). The Morgan fingerprint density at radius 3 is 2.62 bits per heavy atom. The summed E-state index contributed by atoms with van der Waals surface area (Å²) < 4.78 is 5.21. The van der Waals surface area contributed by atoms with Gasteiger partial charge in [0, 0.05) is 17.5 Å². The fourth-order valence-electron chi connectivity index (χ4n) is 1.81. The molecule has 0 aliphatic carbocycles. The van der Waals surface area contributed by atoms with Crippen LogP contribution in [-0.2, 0) is 17.1 Å². The van der Waals surface area contributed by atoms with Gasteiger partial charge in [-0.3, -0.25) is 5.32 Å². The smallest absolute Gasteiger partial charge is 0.413 e. The molecule has 7 heteroatoms. The lowest BCUT2D eigenvalue weighted by Crippen LogP contribution is -2.28. The number of aliphatic hydroxyl groups excluding tert-OH is 1. The van der Waals surface area contributed by atoms with Crippen LogP contribution in [0.4, 0.5) is 10.6 Å². The first-order valence-electron chi connectivity index (χ1n) is 7.51. The van der Waals surface area contributed by atoms with Crippen molar-refractivity contribution in [3.8, 4) is 0 Å². The number of aliphatic hydroxyl groups is 1. The molecule has 0 saturated carbocycles. The molecule has 2 N–H and O–H groups in total. The highest BCUT2D eigenvalue weighted by Crippen LogP contribution is 2.22. The van der Waals surface area contributed by atoms with Crippen LogP contribution in [0.2, 0.25) is 0 Å². The lowest BCUT2D eigenvalue weighted by molar-refractivity contribution is 0.0635. The lowest BCUT2D eigenvalue weighted by Gasteiger charge is -2.20. The summed E-state index contributed by atoms with van der Waals surface area (Å²) >= 11 is 1.45. The molecule has 1 amide bonds. The first-order chi connectivity index (χ1) is 11.4. The van der Waals surface area contributed by atoms with E-state index in [2.05, 4.69) is 15.3 Å². The fourth-order valence-corrected chi connectivity index (χ4v) is 2.58. The number of carbonyl (C=O) groups excluding carboxylic acids is 1. The van der Waals surface area contributed by atoms with Crippen molar-refractivity contribution in [3.05, 3.63) is 47.7 Å². The zero-order chi connectivity index (χ0) is 17.6. The number of nitrogens with one attached hydrogen (secondary N) is 1. The summed E-state index contributed by atoms with van der Waals surface area (Å²) in [4.78, 5) is 20.4. The van der Waals surface area contributed by atoms with Crippen LogP contribution < -0.4 is 5.32 Å². The highest BCUT2D eigenvalue weighted by molar-refractivity contribution is 7.98. The molecule has 128 valence electrons. The maximum absolute atomic E-state index is 11.9. The van der Waals surface area contributed by atoms with E-state index in [-0.39, 0.29) is 12.4 Å². The van der Waals surface area contributed by atoms with Crippen LogP contribution in [0.25, 0.3) is 0 Å². The van der Waals surface area contributed by atoms with Gasteiger partial charge in [-0.1, -0.05) is 42.1 Å². The summed E-state index contributed by atoms with van der Waals surface area (Å²) in [5.41, 5.74) is 0.977. The highest BCUT2D eigenvalue weighted by Gasteiger charge is 2.18. The van der Waals surface area contributed by atoms with Crippen LogP contribution in [0.1, 0.15) is 31.9 Å². The Balaban J connectivity index is 2.08. The Hall–Kier alpha value is -2.12. The molecule has 2 aromatic rings. The number of nitrogens with zero attached hydrogens (tertiary/aromatic N) is 2. The minimum absolute atomic E-state index is 0.261. The third kappa shape index (κ3) is 5.82. The fraction of sp³-hybridized carbons (Fsp3) is 0.353. The van der Waals surface area contributed by atoms with Crippen LogP contribution in [-0.4, -0.2) is 26.8 Å². The number of ether oxygens (including phenoxy) is 1. The molecule has 0 saturated heterocycles. The molecule has 1 heterocycles. The van der Waals surface area contributed by atoms with Crippen molar-refractivity contribution in [2.24, 2.45) is 0 Å². The molecule has 0 fully saturated rings. The van der Waals surface area contributed by atoms with Gasteiger partial charge in [0.1, 0.15) is 11.4 Å². The molecular weight excluding hydrogens is 326 g/mol. The number of carbonyl (C=O) groups is 1. The summed E-state index contributed by atoms with van der Waals surface area (Å²) in [6.07, 6.45) is 0.891. The van der Waals surface area contributed by atoms with E-state index >= 15 is 0 Å².